The van der Waals surface area contributed by atoms with Gasteiger partial charge in [-0.1, -0.05) is 25.6 Å². The van der Waals surface area contributed by atoms with Crippen LogP contribution >= 0.6 is 12.2 Å². The maximum Gasteiger partial charge on any atom is 0.124 e. The first-order valence-electron chi connectivity index (χ1n) is 6.46. The summed E-state index contributed by atoms with van der Waals surface area (Å²) in [6.45, 7) is 4.23. The molecule has 0 radical (unpaired) electrons. The van der Waals surface area contributed by atoms with Gasteiger partial charge < -0.3 is 10.6 Å². The van der Waals surface area contributed by atoms with Gasteiger partial charge in [0.1, 0.15) is 10.8 Å². The molecule has 98 valence electrons. The zero-order valence-corrected chi connectivity index (χ0v) is 11.5. The van der Waals surface area contributed by atoms with Crippen LogP contribution in [-0.4, -0.2) is 18.1 Å². The van der Waals surface area contributed by atoms with Crippen molar-refractivity contribution in [1.29, 1.82) is 0 Å². The molecule has 0 aliphatic carbocycles. The van der Waals surface area contributed by atoms with E-state index >= 15 is 0 Å². The van der Waals surface area contributed by atoms with Gasteiger partial charge in [-0.05, 0) is 37.0 Å². The molecule has 0 atom stereocenters. The first kappa shape index (κ1) is 13.3. The summed E-state index contributed by atoms with van der Waals surface area (Å²) in [5.41, 5.74) is 7.31. The summed E-state index contributed by atoms with van der Waals surface area (Å²) in [6, 6.07) is 4.70. The number of piperidine rings is 1. The van der Waals surface area contributed by atoms with E-state index in [2.05, 4.69) is 11.8 Å². The predicted octanol–water partition coefficient (Wildman–Crippen LogP) is 3.09. The third-order valence-corrected chi connectivity index (χ3v) is 3.98. The van der Waals surface area contributed by atoms with Crippen molar-refractivity contribution >= 4 is 22.9 Å². The number of nitrogens with two attached hydrogens (primary N) is 1. The highest BCUT2D eigenvalue weighted by molar-refractivity contribution is 7.80. The summed E-state index contributed by atoms with van der Waals surface area (Å²) < 4.78 is 13.3. The Morgan fingerprint density at radius 1 is 1.44 bits per heavy atom. The molecular formula is C14H19FN2S. The van der Waals surface area contributed by atoms with Crippen LogP contribution in [0, 0.1) is 11.7 Å². The number of halogens is 1. The van der Waals surface area contributed by atoms with Crippen molar-refractivity contribution in [1.82, 2.24) is 0 Å². The second-order valence-corrected chi connectivity index (χ2v) is 5.30. The summed E-state index contributed by atoms with van der Waals surface area (Å²) >= 11 is 5.01. The summed E-state index contributed by atoms with van der Waals surface area (Å²) in [6.07, 6.45) is 3.61. The SMILES string of the molecule is CCC1CCN(c2ccc(F)cc2C(N)=S)CC1. The molecule has 2 N–H and O–H groups in total. The largest absolute Gasteiger partial charge is 0.389 e. The molecule has 1 fully saturated rings. The van der Waals surface area contributed by atoms with Crippen LogP contribution in [0.2, 0.25) is 0 Å². The van der Waals surface area contributed by atoms with Crippen molar-refractivity contribution in [2.45, 2.75) is 26.2 Å². The Kier molecular flexibility index (Phi) is 4.17. The van der Waals surface area contributed by atoms with Crippen LogP contribution in [0.25, 0.3) is 0 Å². The Labute approximate surface area is 113 Å². The van der Waals surface area contributed by atoms with Crippen molar-refractivity contribution in [3.05, 3.63) is 29.6 Å². The topological polar surface area (TPSA) is 29.3 Å². The second-order valence-electron chi connectivity index (χ2n) is 4.86. The van der Waals surface area contributed by atoms with Gasteiger partial charge in [0.05, 0.1) is 0 Å². The Bertz CT molecular complexity index is 439. The number of thiocarbonyl (C=S) groups is 1. The minimum Gasteiger partial charge on any atom is -0.389 e. The molecule has 18 heavy (non-hydrogen) atoms. The summed E-state index contributed by atoms with van der Waals surface area (Å²) in [4.78, 5) is 2.53. The normalized spacial score (nSPS) is 16.9. The Balaban J connectivity index is 2.21. The zero-order valence-electron chi connectivity index (χ0n) is 10.7. The minimum absolute atomic E-state index is 0.266. The van der Waals surface area contributed by atoms with Crippen LogP contribution < -0.4 is 10.6 Å². The fraction of sp³-hybridized carbons (Fsp3) is 0.500. The third-order valence-electron chi connectivity index (χ3n) is 3.76. The smallest absolute Gasteiger partial charge is 0.124 e. The highest BCUT2D eigenvalue weighted by atomic mass is 32.1. The van der Waals surface area contributed by atoms with Crippen molar-refractivity contribution in [2.75, 3.05) is 18.0 Å². The van der Waals surface area contributed by atoms with E-state index in [4.69, 9.17) is 18.0 Å². The van der Waals surface area contributed by atoms with Crippen LogP contribution in [0.1, 0.15) is 31.7 Å². The van der Waals surface area contributed by atoms with E-state index in [-0.39, 0.29) is 10.8 Å². The first-order valence-corrected chi connectivity index (χ1v) is 6.87. The van der Waals surface area contributed by atoms with Crippen LogP contribution in [-0.2, 0) is 0 Å². The molecule has 0 unspecified atom stereocenters. The second kappa shape index (κ2) is 5.65. The lowest BCUT2D eigenvalue weighted by Crippen LogP contribution is -2.34. The van der Waals surface area contributed by atoms with E-state index in [0.717, 1.165) is 24.7 Å². The van der Waals surface area contributed by atoms with Crippen LogP contribution in [0.3, 0.4) is 0 Å². The van der Waals surface area contributed by atoms with Gasteiger partial charge in [-0.15, -0.1) is 0 Å². The molecule has 1 aliphatic heterocycles. The van der Waals surface area contributed by atoms with E-state index < -0.39 is 0 Å². The Hall–Kier alpha value is -1.16. The molecule has 1 aromatic rings. The molecule has 4 heteroatoms. The maximum absolute atomic E-state index is 13.3. The predicted molar refractivity (Wildman–Crippen MR) is 77.5 cm³/mol. The highest BCUT2D eigenvalue weighted by Gasteiger charge is 2.20. The number of anilines is 1. The van der Waals surface area contributed by atoms with E-state index in [0.29, 0.717) is 5.56 Å². The monoisotopic (exact) mass is 266 g/mol. The van der Waals surface area contributed by atoms with Crippen molar-refractivity contribution < 1.29 is 4.39 Å². The number of hydrogen-bond donors (Lipinski definition) is 1. The molecule has 1 heterocycles. The fourth-order valence-corrected chi connectivity index (χ4v) is 2.73. The number of benzene rings is 1. The molecule has 0 amide bonds. The number of rotatable bonds is 3. The molecular weight excluding hydrogens is 247 g/mol. The summed E-state index contributed by atoms with van der Waals surface area (Å²) in [5, 5.41) is 0. The average Bonchev–Trinajstić information content (AvgIpc) is 2.39. The number of nitrogens with zero attached hydrogens (tertiary/aromatic N) is 1. The van der Waals surface area contributed by atoms with Crippen LogP contribution in [0.4, 0.5) is 10.1 Å². The molecule has 1 aliphatic rings. The van der Waals surface area contributed by atoms with Gasteiger partial charge in [0.15, 0.2) is 0 Å². The zero-order chi connectivity index (χ0) is 13.1. The molecule has 2 nitrogen and oxygen atoms in total. The molecule has 0 aromatic heterocycles. The van der Waals surface area contributed by atoms with Crippen molar-refractivity contribution in [2.24, 2.45) is 11.7 Å². The lowest BCUT2D eigenvalue weighted by Gasteiger charge is -2.34. The molecule has 0 saturated carbocycles. The Morgan fingerprint density at radius 3 is 2.67 bits per heavy atom. The van der Waals surface area contributed by atoms with Gasteiger partial charge in [-0.2, -0.15) is 0 Å². The molecule has 1 aromatic carbocycles. The van der Waals surface area contributed by atoms with Gasteiger partial charge >= 0.3 is 0 Å². The quantitative estimate of drug-likeness (QED) is 0.853. The van der Waals surface area contributed by atoms with Crippen LogP contribution in [0.5, 0.6) is 0 Å². The molecule has 1 saturated heterocycles. The fourth-order valence-electron chi connectivity index (χ4n) is 2.56. The summed E-state index contributed by atoms with van der Waals surface area (Å²) in [7, 11) is 0. The first-order chi connectivity index (χ1) is 8.61. The van der Waals surface area contributed by atoms with Crippen LogP contribution in [0.15, 0.2) is 18.2 Å². The Morgan fingerprint density at radius 2 is 2.11 bits per heavy atom. The lowest BCUT2D eigenvalue weighted by molar-refractivity contribution is 0.395. The van der Waals surface area contributed by atoms with E-state index in [1.165, 1.54) is 31.4 Å². The third kappa shape index (κ3) is 2.80. The standard InChI is InChI=1S/C14H19FN2S/c1-2-10-5-7-17(8-6-10)13-4-3-11(15)9-12(13)14(16)18/h3-4,9-10H,2,5-8H2,1H3,(H2,16,18). The molecule has 0 spiro atoms. The average molecular weight is 266 g/mol. The minimum atomic E-state index is -0.287. The van der Waals surface area contributed by atoms with E-state index in [9.17, 15) is 4.39 Å². The maximum atomic E-state index is 13.3. The van der Waals surface area contributed by atoms with Crippen molar-refractivity contribution in [3.8, 4) is 0 Å². The highest BCUT2D eigenvalue weighted by Crippen LogP contribution is 2.28. The van der Waals surface area contributed by atoms with Crippen molar-refractivity contribution in [3.63, 3.8) is 0 Å². The van der Waals surface area contributed by atoms with Gasteiger partial charge in [0.25, 0.3) is 0 Å². The lowest BCUT2D eigenvalue weighted by atomic mass is 9.94. The van der Waals surface area contributed by atoms with E-state index in [1.54, 1.807) is 6.07 Å². The van der Waals surface area contributed by atoms with Gasteiger partial charge in [-0.3, -0.25) is 0 Å². The van der Waals surface area contributed by atoms with Gasteiger partial charge in [0, 0.05) is 24.3 Å². The van der Waals surface area contributed by atoms with Gasteiger partial charge in [0.2, 0.25) is 0 Å². The summed E-state index contributed by atoms with van der Waals surface area (Å²) in [5.74, 6) is 0.528. The number of hydrogen-bond acceptors (Lipinski definition) is 2. The molecule has 0 bridgehead atoms. The molecule has 2 rings (SSSR count). The van der Waals surface area contributed by atoms with E-state index in [1.807, 2.05) is 0 Å². The van der Waals surface area contributed by atoms with Gasteiger partial charge in [-0.25, -0.2) is 4.39 Å².